The predicted molar refractivity (Wildman–Crippen MR) is 87.1 cm³/mol. The molecule has 0 aliphatic rings. The SMILES string of the molecule is CCCCCCCCCC[N+](C)(C)/C=C(\[O-])C(C)(C)C. The standard InChI is InChI=1S/C18H37NO/c1-7-8-9-10-11-12-13-14-15-19(5,6)16-17(20)18(2,3)4/h16H,7-15H2,1-6H3/b17-16-. The van der Waals surface area contributed by atoms with E-state index in [1.165, 1.54) is 51.4 Å². The first kappa shape index (κ1) is 19.5. The predicted octanol–water partition coefficient (Wildman–Crippen LogP) is 4.45. The van der Waals surface area contributed by atoms with Crippen LogP contribution >= 0.6 is 0 Å². The molecule has 0 rings (SSSR count). The summed E-state index contributed by atoms with van der Waals surface area (Å²) in [6.07, 6.45) is 12.6. The van der Waals surface area contributed by atoms with Crippen molar-refractivity contribution in [2.75, 3.05) is 20.6 Å². The molecule has 0 aromatic heterocycles. The van der Waals surface area contributed by atoms with Crippen molar-refractivity contribution in [2.45, 2.75) is 79.1 Å². The summed E-state index contributed by atoms with van der Waals surface area (Å²) < 4.78 is 0.714. The summed E-state index contributed by atoms with van der Waals surface area (Å²) in [4.78, 5) is 0. The van der Waals surface area contributed by atoms with E-state index < -0.39 is 0 Å². The number of rotatable bonds is 10. The van der Waals surface area contributed by atoms with Crippen molar-refractivity contribution >= 4 is 0 Å². The highest BCUT2D eigenvalue weighted by molar-refractivity contribution is 4.95. The van der Waals surface area contributed by atoms with Crippen LogP contribution in [0.25, 0.3) is 0 Å². The van der Waals surface area contributed by atoms with Crippen LogP contribution in [-0.2, 0) is 0 Å². The van der Waals surface area contributed by atoms with Gasteiger partial charge in [-0.2, -0.15) is 0 Å². The van der Waals surface area contributed by atoms with Gasteiger partial charge < -0.3 is 9.59 Å². The molecular formula is C18H37NO. The van der Waals surface area contributed by atoms with Gasteiger partial charge in [0.1, 0.15) is 0 Å². The lowest BCUT2D eigenvalue weighted by molar-refractivity contribution is -0.841. The Morgan fingerprint density at radius 3 is 1.80 bits per heavy atom. The van der Waals surface area contributed by atoms with Crippen LogP contribution in [0.4, 0.5) is 0 Å². The van der Waals surface area contributed by atoms with Crippen LogP contribution in [0.5, 0.6) is 0 Å². The largest absolute Gasteiger partial charge is 0.872 e. The van der Waals surface area contributed by atoms with Crippen molar-refractivity contribution in [2.24, 2.45) is 5.41 Å². The molecule has 0 fully saturated rings. The first-order valence-corrected chi connectivity index (χ1v) is 8.42. The molecule has 0 amide bonds. The molecule has 0 aliphatic carbocycles. The van der Waals surface area contributed by atoms with Gasteiger partial charge in [-0.25, -0.2) is 0 Å². The molecule has 0 spiro atoms. The third kappa shape index (κ3) is 10.3. The first-order chi connectivity index (χ1) is 9.19. The maximum Gasteiger partial charge on any atom is 0.0839 e. The molecule has 0 aromatic rings. The van der Waals surface area contributed by atoms with Gasteiger partial charge in [0.25, 0.3) is 0 Å². The van der Waals surface area contributed by atoms with Crippen molar-refractivity contribution in [1.29, 1.82) is 0 Å². The van der Waals surface area contributed by atoms with Gasteiger partial charge in [-0.1, -0.05) is 72.0 Å². The molecule has 0 heterocycles. The number of allylic oxidation sites excluding steroid dienone is 1. The molecule has 0 bridgehead atoms. The fraction of sp³-hybridized carbons (Fsp3) is 0.889. The van der Waals surface area contributed by atoms with Crippen molar-refractivity contribution in [3.8, 4) is 0 Å². The van der Waals surface area contributed by atoms with Crippen molar-refractivity contribution in [3.63, 3.8) is 0 Å². The molecular weight excluding hydrogens is 246 g/mol. The summed E-state index contributed by atoms with van der Waals surface area (Å²) in [5.41, 5.74) is -0.255. The van der Waals surface area contributed by atoms with Crippen LogP contribution in [0.3, 0.4) is 0 Å². The highest BCUT2D eigenvalue weighted by Gasteiger charge is 2.16. The Morgan fingerprint density at radius 1 is 0.900 bits per heavy atom. The lowest BCUT2D eigenvalue weighted by Crippen LogP contribution is -2.37. The van der Waals surface area contributed by atoms with E-state index in [1.807, 2.05) is 27.0 Å². The number of nitrogens with zero attached hydrogens (tertiary/aromatic N) is 1. The van der Waals surface area contributed by atoms with E-state index in [1.54, 1.807) is 0 Å². The summed E-state index contributed by atoms with van der Waals surface area (Å²) in [6, 6.07) is 0. The minimum atomic E-state index is -0.255. The highest BCUT2D eigenvalue weighted by Crippen LogP contribution is 2.22. The topological polar surface area (TPSA) is 23.1 Å². The lowest BCUT2D eigenvalue weighted by atomic mass is 9.94. The number of hydrogen-bond donors (Lipinski definition) is 0. The fourth-order valence-electron chi connectivity index (χ4n) is 2.23. The third-order valence-electron chi connectivity index (χ3n) is 3.79. The Hall–Kier alpha value is -0.500. The Bertz CT molecular complexity index is 274. The highest BCUT2D eigenvalue weighted by atomic mass is 16.3. The Balaban J connectivity index is 3.83. The lowest BCUT2D eigenvalue weighted by Gasteiger charge is -2.33. The van der Waals surface area contributed by atoms with Gasteiger partial charge in [0.2, 0.25) is 0 Å². The van der Waals surface area contributed by atoms with Crippen molar-refractivity contribution < 1.29 is 9.59 Å². The molecule has 0 aromatic carbocycles. The van der Waals surface area contributed by atoms with E-state index in [-0.39, 0.29) is 11.2 Å². The van der Waals surface area contributed by atoms with E-state index in [2.05, 4.69) is 21.0 Å². The maximum atomic E-state index is 12.0. The molecule has 2 nitrogen and oxygen atoms in total. The molecule has 0 radical (unpaired) electrons. The minimum Gasteiger partial charge on any atom is -0.872 e. The summed E-state index contributed by atoms with van der Waals surface area (Å²) >= 11 is 0. The molecule has 0 atom stereocenters. The molecule has 0 N–H and O–H groups in total. The summed E-state index contributed by atoms with van der Waals surface area (Å²) in [6.45, 7) is 9.29. The zero-order chi connectivity index (χ0) is 15.6. The normalized spacial score (nSPS) is 13.8. The quantitative estimate of drug-likeness (QED) is 0.330. The van der Waals surface area contributed by atoms with Gasteiger partial charge in [-0.05, 0) is 18.3 Å². The van der Waals surface area contributed by atoms with Gasteiger partial charge in [0.05, 0.1) is 26.8 Å². The van der Waals surface area contributed by atoms with Crippen LogP contribution in [-0.4, -0.2) is 25.1 Å². The van der Waals surface area contributed by atoms with Crippen molar-refractivity contribution in [3.05, 3.63) is 12.0 Å². The molecule has 0 saturated heterocycles. The van der Waals surface area contributed by atoms with Crippen LogP contribution in [0.1, 0.15) is 79.1 Å². The zero-order valence-corrected chi connectivity index (χ0v) is 14.8. The summed E-state index contributed by atoms with van der Waals surface area (Å²) in [5, 5.41) is 12.0. The maximum absolute atomic E-state index is 12.0. The Kier molecular flexibility index (Phi) is 9.20. The Labute approximate surface area is 127 Å². The summed E-state index contributed by atoms with van der Waals surface area (Å²) in [7, 11) is 4.26. The van der Waals surface area contributed by atoms with E-state index >= 15 is 0 Å². The van der Waals surface area contributed by atoms with Crippen LogP contribution in [0.2, 0.25) is 0 Å². The average molecular weight is 284 g/mol. The number of unbranched alkanes of at least 4 members (excludes halogenated alkanes) is 7. The van der Waals surface area contributed by atoms with E-state index in [0.717, 1.165) is 6.54 Å². The second-order valence-electron chi connectivity index (χ2n) is 7.72. The van der Waals surface area contributed by atoms with Crippen LogP contribution in [0, 0.1) is 5.41 Å². The molecule has 0 aliphatic heterocycles. The van der Waals surface area contributed by atoms with E-state index in [4.69, 9.17) is 0 Å². The van der Waals surface area contributed by atoms with E-state index in [9.17, 15) is 5.11 Å². The smallest absolute Gasteiger partial charge is 0.0839 e. The van der Waals surface area contributed by atoms with Crippen molar-refractivity contribution in [1.82, 2.24) is 0 Å². The first-order valence-electron chi connectivity index (χ1n) is 8.42. The van der Waals surface area contributed by atoms with Gasteiger partial charge >= 0.3 is 0 Å². The molecule has 2 heteroatoms. The van der Waals surface area contributed by atoms with Crippen LogP contribution < -0.4 is 5.11 Å². The summed E-state index contributed by atoms with van der Waals surface area (Å²) in [5.74, 6) is 0.252. The monoisotopic (exact) mass is 283 g/mol. The van der Waals surface area contributed by atoms with Gasteiger partial charge in [0, 0.05) is 0 Å². The zero-order valence-electron chi connectivity index (χ0n) is 14.8. The molecule has 0 unspecified atom stereocenters. The van der Waals surface area contributed by atoms with Gasteiger partial charge in [-0.15, -0.1) is 0 Å². The van der Waals surface area contributed by atoms with Gasteiger partial charge in [-0.3, -0.25) is 0 Å². The average Bonchev–Trinajstić information content (AvgIpc) is 2.30. The Morgan fingerprint density at radius 2 is 1.35 bits per heavy atom. The molecule has 120 valence electrons. The van der Waals surface area contributed by atoms with E-state index in [0.29, 0.717) is 4.48 Å². The third-order valence-corrected chi connectivity index (χ3v) is 3.79. The molecule has 0 saturated carbocycles. The number of quaternary nitrogens is 1. The second-order valence-corrected chi connectivity index (χ2v) is 7.72. The second kappa shape index (κ2) is 9.44. The number of hydrogen-bond acceptors (Lipinski definition) is 1. The molecule has 20 heavy (non-hydrogen) atoms. The minimum absolute atomic E-state index is 0.252. The fourth-order valence-corrected chi connectivity index (χ4v) is 2.23. The van der Waals surface area contributed by atoms with Crippen LogP contribution in [0.15, 0.2) is 12.0 Å². The van der Waals surface area contributed by atoms with Gasteiger partial charge in [0.15, 0.2) is 0 Å².